The molecule has 21 heavy (non-hydrogen) atoms. The lowest BCUT2D eigenvalue weighted by Gasteiger charge is -2.20. The molecular formula is C17H18O4. The fourth-order valence-corrected chi connectivity index (χ4v) is 2.02. The summed E-state index contributed by atoms with van der Waals surface area (Å²) in [6.07, 6.45) is 5.14. The van der Waals surface area contributed by atoms with Crippen molar-refractivity contribution in [3.63, 3.8) is 0 Å². The second-order valence-electron chi connectivity index (χ2n) is 4.77. The van der Waals surface area contributed by atoms with E-state index in [1.165, 1.54) is 0 Å². The maximum Gasteiger partial charge on any atom is 0.338 e. The Balaban J connectivity index is 2.08. The molecule has 0 aromatic heterocycles. The summed E-state index contributed by atoms with van der Waals surface area (Å²) in [4.78, 5) is 24.0. The van der Waals surface area contributed by atoms with Crippen molar-refractivity contribution in [3.05, 3.63) is 59.2 Å². The molecule has 0 unspecified atom stereocenters. The summed E-state index contributed by atoms with van der Waals surface area (Å²) in [5, 5.41) is 0. The molecule has 1 aromatic rings. The Morgan fingerprint density at radius 2 is 1.90 bits per heavy atom. The molecule has 0 aliphatic heterocycles. The first-order valence-corrected chi connectivity index (χ1v) is 6.93. The molecular weight excluding hydrogens is 268 g/mol. The molecule has 4 heteroatoms. The van der Waals surface area contributed by atoms with E-state index >= 15 is 0 Å². The van der Waals surface area contributed by atoms with Gasteiger partial charge in [0.05, 0.1) is 17.7 Å². The number of benzene rings is 1. The number of carbonyl (C=O) groups is 2. The fraction of sp³-hybridized carbons (Fsp3) is 0.294. The van der Waals surface area contributed by atoms with Crippen molar-refractivity contribution < 1.29 is 19.1 Å². The van der Waals surface area contributed by atoms with Crippen LogP contribution in [-0.4, -0.2) is 24.6 Å². The molecule has 0 saturated heterocycles. The zero-order valence-corrected chi connectivity index (χ0v) is 12.2. The summed E-state index contributed by atoms with van der Waals surface area (Å²) in [6, 6.07) is 7.12. The molecule has 2 rings (SSSR count). The minimum Gasteiger partial charge on any atom is -0.463 e. The second-order valence-corrected chi connectivity index (χ2v) is 4.77. The van der Waals surface area contributed by atoms with Crippen LogP contribution in [0.15, 0.2) is 48.1 Å². The van der Waals surface area contributed by atoms with Gasteiger partial charge >= 0.3 is 11.9 Å². The van der Waals surface area contributed by atoms with Gasteiger partial charge in [-0.1, -0.05) is 29.8 Å². The maximum absolute atomic E-state index is 12.1. The molecule has 0 spiro atoms. The summed E-state index contributed by atoms with van der Waals surface area (Å²) in [5.41, 5.74) is 1.91. The lowest BCUT2D eigenvalue weighted by Crippen LogP contribution is -2.27. The molecule has 1 atom stereocenters. The third-order valence-corrected chi connectivity index (χ3v) is 3.16. The highest BCUT2D eigenvalue weighted by Crippen LogP contribution is 2.20. The van der Waals surface area contributed by atoms with Crippen LogP contribution in [0, 0.1) is 6.92 Å². The molecule has 1 aliphatic carbocycles. The van der Waals surface area contributed by atoms with Gasteiger partial charge in [0.1, 0.15) is 6.10 Å². The summed E-state index contributed by atoms with van der Waals surface area (Å²) in [5.74, 6) is -0.881. The van der Waals surface area contributed by atoms with E-state index in [4.69, 9.17) is 9.47 Å². The van der Waals surface area contributed by atoms with E-state index in [0.29, 0.717) is 24.2 Å². The number of ether oxygens (including phenoxy) is 2. The van der Waals surface area contributed by atoms with Crippen LogP contribution in [0.3, 0.4) is 0 Å². The zero-order chi connectivity index (χ0) is 15.2. The number of aryl methyl sites for hydroxylation is 1. The Kier molecular flexibility index (Phi) is 4.93. The minimum absolute atomic E-state index is 0.290. The van der Waals surface area contributed by atoms with Crippen LogP contribution in [0.1, 0.15) is 29.3 Å². The fourth-order valence-electron chi connectivity index (χ4n) is 2.02. The molecule has 1 aromatic carbocycles. The summed E-state index contributed by atoms with van der Waals surface area (Å²) < 4.78 is 10.4. The predicted molar refractivity (Wildman–Crippen MR) is 78.9 cm³/mol. The SMILES string of the molecule is CCOC(=O)C1=CC=CC[C@@H]1OC(=O)c1ccc(C)cc1. The molecule has 0 heterocycles. The quantitative estimate of drug-likeness (QED) is 0.798. The van der Waals surface area contributed by atoms with Gasteiger partial charge < -0.3 is 9.47 Å². The number of carbonyl (C=O) groups excluding carboxylic acids is 2. The largest absolute Gasteiger partial charge is 0.463 e. The standard InChI is InChI=1S/C17H18O4/c1-3-20-17(19)14-6-4-5-7-15(14)21-16(18)13-10-8-12(2)9-11-13/h4-6,8-11,15H,3,7H2,1-2H3/t15-/m0/s1. The van der Waals surface area contributed by atoms with Gasteiger partial charge in [0.15, 0.2) is 0 Å². The van der Waals surface area contributed by atoms with Gasteiger partial charge in [-0.15, -0.1) is 0 Å². The van der Waals surface area contributed by atoms with E-state index in [1.807, 2.05) is 25.1 Å². The van der Waals surface area contributed by atoms with Crippen molar-refractivity contribution in [2.45, 2.75) is 26.4 Å². The molecule has 0 fully saturated rings. The lowest BCUT2D eigenvalue weighted by atomic mass is 10.0. The van der Waals surface area contributed by atoms with Crippen LogP contribution >= 0.6 is 0 Å². The van der Waals surface area contributed by atoms with E-state index in [9.17, 15) is 9.59 Å². The average Bonchev–Trinajstić information content (AvgIpc) is 2.48. The van der Waals surface area contributed by atoms with Crippen molar-refractivity contribution in [1.29, 1.82) is 0 Å². The van der Waals surface area contributed by atoms with Gasteiger partial charge in [0.25, 0.3) is 0 Å². The van der Waals surface area contributed by atoms with Crippen LogP contribution < -0.4 is 0 Å². The first-order valence-electron chi connectivity index (χ1n) is 6.93. The molecule has 110 valence electrons. The van der Waals surface area contributed by atoms with Gasteiger partial charge in [-0.2, -0.15) is 0 Å². The highest BCUT2D eigenvalue weighted by molar-refractivity contribution is 5.93. The molecule has 1 aliphatic rings. The molecule has 0 saturated carbocycles. The average molecular weight is 286 g/mol. The monoisotopic (exact) mass is 286 g/mol. The van der Waals surface area contributed by atoms with Crippen LogP contribution in [0.4, 0.5) is 0 Å². The van der Waals surface area contributed by atoms with E-state index in [0.717, 1.165) is 5.56 Å². The smallest absolute Gasteiger partial charge is 0.338 e. The molecule has 0 bridgehead atoms. The van der Waals surface area contributed by atoms with Crippen LogP contribution in [0.25, 0.3) is 0 Å². The highest BCUT2D eigenvalue weighted by Gasteiger charge is 2.26. The lowest BCUT2D eigenvalue weighted by molar-refractivity contribution is -0.139. The van der Waals surface area contributed by atoms with Crippen molar-refractivity contribution in [1.82, 2.24) is 0 Å². The number of allylic oxidation sites excluding steroid dienone is 2. The van der Waals surface area contributed by atoms with Gasteiger partial charge in [-0.25, -0.2) is 9.59 Å². The Bertz CT molecular complexity index is 581. The van der Waals surface area contributed by atoms with E-state index in [2.05, 4.69) is 0 Å². The normalized spacial score (nSPS) is 17.0. The number of hydrogen-bond acceptors (Lipinski definition) is 4. The minimum atomic E-state index is -0.595. The van der Waals surface area contributed by atoms with Crippen molar-refractivity contribution in [2.75, 3.05) is 6.61 Å². The topological polar surface area (TPSA) is 52.6 Å². The first kappa shape index (κ1) is 15.0. The van der Waals surface area contributed by atoms with Crippen molar-refractivity contribution in [3.8, 4) is 0 Å². The molecule has 4 nitrogen and oxygen atoms in total. The molecule has 0 radical (unpaired) electrons. The Hall–Kier alpha value is -2.36. The predicted octanol–water partition coefficient (Wildman–Crippen LogP) is 2.97. The third-order valence-electron chi connectivity index (χ3n) is 3.16. The Morgan fingerprint density at radius 3 is 2.57 bits per heavy atom. The van der Waals surface area contributed by atoms with Gasteiger partial charge in [0.2, 0.25) is 0 Å². The van der Waals surface area contributed by atoms with Crippen LogP contribution in [0.5, 0.6) is 0 Å². The Labute approximate surface area is 124 Å². The van der Waals surface area contributed by atoms with Gasteiger partial charge in [-0.05, 0) is 32.1 Å². The Morgan fingerprint density at radius 1 is 1.19 bits per heavy atom. The van der Waals surface area contributed by atoms with Gasteiger partial charge in [0, 0.05) is 6.42 Å². The van der Waals surface area contributed by atoms with Crippen molar-refractivity contribution >= 4 is 11.9 Å². The second kappa shape index (κ2) is 6.88. The number of rotatable bonds is 4. The van der Waals surface area contributed by atoms with Gasteiger partial charge in [-0.3, -0.25) is 0 Å². The summed E-state index contributed by atoms with van der Waals surface area (Å²) in [7, 11) is 0. The summed E-state index contributed by atoms with van der Waals surface area (Å²) in [6.45, 7) is 3.98. The first-order chi connectivity index (χ1) is 10.1. The highest BCUT2D eigenvalue weighted by atomic mass is 16.6. The van der Waals surface area contributed by atoms with E-state index in [-0.39, 0.29) is 0 Å². The molecule has 0 amide bonds. The van der Waals surface area contributed by atoms with Crippen LogP contribution in [-0.2, 0) is 14.3 Å². The van der Waals surface area contributed by atoms with E-state index < -0.39 is 18.0 Å². The zero-order valence-electron chi connectivity index (χ0n) is 12.2. The number of hydrogen-bond donors (Lipinski definition) is 0. The summed E-state index contributed by atoms with van der Waals surface area (Å²) >= 11 is 0. The van der Waals surface area contributed by atoms with E-state index in [1.54, 1.807) is 31.2 Å². The van der Waals surface area contributed by atoms with Crippen LogP contribution in [0.2, 0.25) is 0 Å². The third kappa shape index (κ3) is 3.81. The molecule has 0 N–H and O–H groups in total. The number of esters is 2. The van der Waals surface area contributed by atoms with Crippen molar-refractivity contribution in [2.24, 2.45) is 0 Å². The maximum atomic E-state index is 12.1.